The Labute approximate surface area is 148 Å². The van der Waals surface area contributed by atoms with Gasteiger partial charge in [-0.1, -0.05) is 12.1 Å². The first-order chi connectivity index (χ1) is 12.0. The van der Waals surface area contributed by atoms with Crippen molar-refractivity contribution in [1.82, 2.24) is 5.32 Å². The molecule has 0 fully saturated rings. The number of nitrogens with one attached hydrogen (secondary N) is 1. The first-order valence-corrected chi connectivity index (χ1v) is 8.32. The Morgan fingerprint density at radius 2 is 1.64 bits per heavy atom. The largest absolute Gasteiger partial charge is 0.497 e. The molecule has 2 aromatic rings. The minimum Gasteiger partial charge on any atom is -0.497 e. The van der Waals surface area contributed by atoms with Gasteiger partial charge in [0.1, 0.15) is 17.2 Å². The van der Waals surface area contributed by atoms with Crippen LogP contribution in [0.25, 0.3) is 0 Å². The number of carbonyl (C=O) groups excluding carboxylic acids is 1. The lowest BCUT2D eigenvalue weighted by Crippen LogP contribution is -2.35. The molecule has 0 aromatic heterocycles. The second-order valence-corrected chi connectivity index (χ2v) is 5.97. The molecular formula is C20H25NO4. The number of amides is 1. The maximum Gasteiger partial charge on any atom is 0.261 e. The van der Waals surface area contributed by atoms with Gasteiger partial charge < -0.3 is 19.5 Å². The van der Waals surface area contributed by atoms with Crippen LogP contribution in [0.2, 0.25) is 0 Å². The standard InChI is InChI=1S/C20H25NO4/c1-14(2)24-19-7-5-6-16(12-19)13-21-20(22)15(3)25-18-10-8-17(23-4)9-11-18/h5-12,14-15H,13H2,1-4H3,(H,21,22). The highest BCUT2D eigenvalue weighted by atomic mass is 16.5. The lowest BCUT2D eigenvalue weighted by Gasteiger charge is -2.15. The van der Waals surface area contributed by atoms with E-state index in [-0.39, 0.29) is 12.0 Å². The van der Waals surface area contributed by atoms with E-state index < -0.39 is 6.10 Å². The Morgan fingerprint density at radius 3 is 2.28 bits per heavy atom. The van der Waals surface area contributed by atoms with Gasteiger partial charge in [0, 0.05) is 6.54 Å². The van der Waals surface area contributed by atoms with Crippen LogP contribution in [0.5, 0.6) is 17.2 Å². The van der Waals surface area contributed by atoms with E-state index in [0.29, 0.717) is 12.3 Å². The average Bonchev–Trinajstić information content (AvgIpc) is 2.60. The maximum atomic E-state index is 12.2. The SMILES string of the molecule is COc1ccc(OC(C)C(=O)NCc2cccc(OC(C)C)c2)cc1. The Balaban J connectivity index is 1.86. The molecule has 0 spiro atoms. The third-order valence-corrected chi connectivity index (χ3v) is 3.48. The second-order valence-electron chi connectivity index (χ2n) is 5.97. The molecule has 5 nitrogen and oxygen atoms in total. The molecule has 134 valence electrons. The van der Waals surface area contributed by atoms with Gasteiger partial charge in [0.05, 0.1) is 13.2 Å². The normalized spacial score (nSPS) is 11.7. The van der Waals surface area contributed by atoms with Gasteiger partial charge >= 0.3 is 0 Å². The number of rotatable bonds is 8. The lowest BCUT2D eigenvalue weighted by atomic mass is 10.2. The summed E-state index contributed by atoms with van der Waals surface area (Å²) in [5, 5.41) is 2.88. The van der Waals surface area contributed by atoms with Crippen molar-refractivity contribution in [3.8, 4) is 17.2 Å². The summed E-state index contributed by atoms with van der Waals surface area (Å²) in [5.41, 5.74) is 0.975. The first-order valence-electron chi connectivity index (χ1n) is 8.32. The molecular weight excluding hydrogens is 318 g/mol. The molecule has 0 bridgehead atoms. The van der Waals surface area contributed by atoms with E-state index in [1.807, 2.05) is 38.1 Å². The topological polar surface area (TPSA) is 56.8 Å². The average molecular weight is 343 g/mol. The first kappa shape index (κ1) is 18.6. The predicted octanol–water partition coefficient (Wildman–Crippen LogP) is 3.57. The molecule has 0 radical (unpaired) electrons. The molecule has 0 saturated carbocycles. The van der Waals surface area contributed by atoms with Crippen LogP contribution in [0.15, 0.2) is 48.5 Å². The predicted molar refractivity (Wildman–Crippen MR) is 97.1 cm³/mol. The quantitative estimate of drug-likeness (QED) is 0.796. The summed E-state index contributed by atoms with van der Waals surface area (Å²) in [6, 6.07) is 14.8. The van der Waals surface area contributed by atoms with Crippen LogP contribution in [0.3, 0.4) is 0 Å². The van der Waals surface area contributed by atoms with Gasteiger partial charge in [0.2, 0.25) is 0 Å². The highest BCUT2D eigenvalue weighted by Gasteiger charge is 2.14. The summed E-state index contributed by atoms with van der Waals surface area (Å²) in [6.07, 6.45) is -0.480. The van der Waals surface area contributed by atoms with E-state index >= 15 is 0 Å². The lowest BCUT2D eigenvalue weighted by molar-refractivity contribution is -0.127. The van der Waals surface area contributed by atoms with E-state index in [9.17, 15) is 4.79 Å². The van der Waals surface area contributed by atoms with Crippen molar-refractivity contribution in [1.29, 1.82) is 0 Å². The van der Waals surface area contributed by atoms with E-state index in [0.717, 1.165) is 17.1 Å². The molecule has 25 heavy (non-hydrogen) atoms. The van der Waals surface area contributed by atoms with Crippen LogP contribution >= 0.6 is 0 Å². The third kappa shape index (κ3) is 6.03. The molecule has 0 aliphatic rings. The number of carbonyl (C=O) groups is 1. The molecule has 1 amide bonds. The van der Waals surface area contributed by atoms with Crippen molar-refractivity contribution < 1.29 is 19.0 Å². The molecule has 0 heterocycles. The number of hydrogen-bond donors (Lipinski definition) is 1. The van der Waals surface area contributed by atoms with Gasteiger partial charge in [0.15, 0.2) is 6.10 Å². The second kappa shape index (κ2) is 8.97. The molecule has 2 rings (SSSR count). The Bertz CT molecular complexity index is 682. The Hall–Kier alpha value is -2.69. The zero-order valence-electron chi connectivity index (χ0n) is 15.1. The number of hydrogen-bond acceptors (Lipinski definition) is 4. The summed E-state index contributed by atoms with van der Waals surface area (Å²) in [7, 11) is 1.60. The van der Waals surface area contributed by atoms with Crippen LogP contribution in [-0.4, -0.2) is 25.2 Å². The molecule has 0 saturated heterocycles. The highest BCUT2D eigenvalue weighted by Crippen LogP contribution is 2.18. The molecule has 1 atom stereocenters. The van der Waals surface area contributed by atoms with Crippen molar-refractivity contribution in [2.45, 2.75) is 39.5 Å². The van der Waals surface area contributed by atoms with Gasteiger partial charge in [-0.3, -0.25) is 4.79 Å². The number of ether oxygens (including phenoxy) is 3. The summed E-state index contributed by atoms with van der Waals surface area (Å²) < 4.78 is 16.4. The zero-order valence-corrected chi connectivity index (χ0v) is 15.1. The zero-order chi connectivity index (χ0) is 18.2. The summed E-state index contributed by atoms with van der Waals surface area (Å²) in [5.74, 6) is 1.99. The van der Waals surface area contributed by atoms with E-state index in [1.54, 1.807) is 38.3 Å². The van der Waals surface area contributed by atoms with Gasteiger partial charge in [-0.2, -0.15) is 0 Å². The van der Waals surface area contributed by atoms with E-state index in [1.165, 1.54) is 0 Å². The fraction of sp³-hybridized carbons (Fsp3) is 0.350. The fourth-order valence-corrected chi connectivity index (χ4v) is 2.25. The van der Waals surface area contributed by atoms with Crippen molar-refractivity contribution in [2.75, 3.05) is 7.11 Å². The van der Waals surface area contributed by atoms with Crippen LogP contribution in [0, 0.1) is 0 Å². The molecule has 1 N–H and O–H groups in total. The number of methoxy groups -OCH3 is 1. The highest BCUT2D eigenvalue weighted by molar-refractivity contribution is 5.80. The smallest absolute Gasteiger partial charge is 0.261 e. The van der Waals surface area contributed by atoms with Gasteiger partial charge in [0.25, 0.3) is 5.91 Å². The number of benzene rings is 2. The van der Waals surface area contributed by atoms with Gasteiger partial charge in [-0.15, -0.1) is 0 Å². The van der Waals surface area contributed by atoms with Crippen molar-refractivity contribution in [3.05, 3.63) is 54.1 Å². The summed E-state index contributed by atoms with van der Waals surface area (Å²) in [4.78, 5) is 12.2. The monoisotopic (exact) mass is 343 g/mol. The molecule has 2 aromatic carbocycles. The van der Waals surface area contributed by atoms with E-state index in [4.69, 9.17) is 14.2 Å². The molecule has 0 aliphatic carbocycles. The Kier molecular flexibility index (Phi) is 6.69. The van der Waals surface area contributed by atoms with Crippen LogP contribution < -0.4 is 19.5 Å². The van der Waals surface area contributed by atoms with Crippen LogP contribution in [0.4, 0.5) is 0 Å². The van der Waals surface area contributed by atoms with Crippen molar-refractivity contribution in [3.63, 3.8) is 0 Å². The summed E-state index contributed by atoms with van der Waals surface area (Å²) >= 11 is 0. The molecule has 5 heteroatoms. The van der Waals surface area contributed by atoms with Gasteiger partial charge in [-0.05, 0) is 62.7 Å². The van der Waals surface area contributed by atoms with Crippen molar-refractivity contribution in [2.24, 2.45) is 0 Å². The van der Waals surface area contributed by atoms with Crippen LogP contribution in [0.1, 0.15) is 26.3 Å². The van der Waals surface area contributed by atoms with E-state index in [2.05, 4.69) is 5.32 Å². The summed E-state index contributed by atoms with van der Waals surface area (Å²) in [6.45, 7) is 6.10. The fourth-order valence-electron chi connectivity index (χ4n) is 2.25. The Morgan fingerprint density at radius 1 is 0.960 bits per heavy atom. The van der Waals surface area contributed by atoms with Crippen molar-refractivity contribution >= 4 is 5.91 Å². The van der Waals surface area contributed by atoms with Gasteiger partial charge in [-0.25, -0.2) is 0 Å². The minimum atomic E-state index is -0.594. The minimum absolute atomic E-state index is 0.114. The molecule has 1 unspecified atom stereocenters. The van der Waals surface area contributed by atoms with Crippen LogP contribution in [-0.2, 0) is 11.3 Å². The molecule has 0 aliphatic heterocycles. The third-order valence-electron chi connectivity index (χ3n) is 3.48. The maximum absolute atomic E-state index is 12.2.